The predicted molar refractivity (Wildman–Crippen MR) is 109 cm³/mol. The van der Waals surface area contributed by atoms with Crippen molar-refractivity contribution >= 4 is 5.91 Å². The molecule has 2 aromatic carbocycles. The van der Waals surface area contributed by atoms with E-state index in [0.29, 0.717) is 32.5 Å². The van der Waals surface area contributed by atoms with E-state index < -0.39 is 12.8 Å². The van der Waals surface area contributed by atoms with Crippen LogP contribution in [0.2, 0.25) is 0 Å². The molecule has 1 unspecified atom stereocenters. The van der Waals surface area contributed by atoms with Crippen LogP contribution in [0.4, 0.5) is 13.2 Å². The summed E-state index contributed by atoms with van der Waals surface area (Å²) in [6, 6.07) is 12.6. The van der Waals surface area contributed by atoms with Crippen LogP contribution in [0.3, 0.4) is 0 Å². The highest BCUT2D eigenvalue weighted by Gasteiger charge is 2.40. The summed E-state index contributed by atoms with van der Waals surface area (Å²) >= 11 is 0. The molecule has 1 N–H and O–H groups in total. The number of hydrogen-bond acceptors (Lipinski definition) is 4. The number of rotatable bonds is 6. The number of nitrogens with zero attached hydrogens (tertiary/aromatic N) is 2. The van der Waals surface area contributed by atoms with Crippen molar-refractivity contribution in [3.05, 3.63) is 59.7 Å². The summed E-state index contributed by atoms with van der Waals surface area (Å²) in [5.41, 5.74) is 1.69. The predicted octanol–water partition coefficient (Wildman–Crippen LogP) is 3.92. The maximum atomic E-state index is 14.9. The molecule has 0 saturated carbocycles. The Morgan fingerprint density at radius 2 is 1.74 bits per heavy atom. The molecule has 5 nitrogen and oxygen atoms in total. The Balaban J connectivity index is 1.33. The first-order chi connectivity index (χ1) is 14.9. The quantitative estimate of drug-likeness (QED) is 0.749. The Bertz CT molecular complexity index is 892. The number of amides is 1. The molecule has 2 aromatic rings. The molecule has 2 saturated heterocycles. The third kappa shape index (κ3) is 4.95. The van der Waals surface area contributed by atoms with Crippen molar-refractivity contribution in [2.75, 3.05) is 19.6 Å². The number of phenolic OH excluding ortho intramolecular Hbond substituents is 1. The number of aromatic hydroxyl groups is 1. The number of carbonyl (C=O) groups excluding carboxylic acids is 1. The lowest BCUT2D eigenvalue weighted by Gasteiger charge is -2.37. The number of ether oxygens (including phenoxy) is 1. The average molecular weight is 434 g/mol. The molecule has 2 aliphatic rings. The highest BCUT2D eigenvalue weighted by Crippen LogP contribution is 2.33. The van der Waals surface area contributed by atoms with Gasteiger partial charge in [-0.05, 0) is 54.8 Å². The molecule has 0 aliphatic carbocycles. The number of benzene rings is 2. The first-order valence-electron chi connectivity index (χ1n) is 10.4. The van der Waals surface area contributed by atoms with Gasteiger partial charge in [-0.15, -0.1) is 0 Å². The molecule has 1 amide bonds. The van der Waals surface area contributed by atoms with Crippen molar-refractivity contribution in [2.24, 2.45) is 0 Å². The third-order valence-electron chi connectivity index (χ3n) is 6.13. The van der Waals surface area contributed by atoms with Crippen molar-refractivity contribution < 1.29 is 27.8 Å². The molecule has 2 fully saturated rings. The highest BCUT2D eigenvalue weighted by molar-refractivity contribution is 5.84. The first-order valence-corrected chi connectivity index (χ1v) is 10.4. The lowest BCUT2D eigenvalue weighted by atomic mass is 9.87. The maximum absolute atomic E-state index is 14.9. The molecule has 0 bridgehead atoms. The molecule has 8 heteroatoms. The topological polar surface area (TPSA) is 53.0 Å². The molecule has 0 spiro atoms. The van der Waals surface area contributed by atoms with Crippen molar-refractivity contribution in [2.45, 2.75) is 44.1 Å². The van der Waals surface area contributed by atoms with E-state index in [2.05, 4.69) is 4.74 Å². The standard InChI is InChI=1S/C23H25F3N2O3/c24-20-14-27(11-9-19(20)16-3-5-17(29)6-4-16)21-10-12-28(22(21)30)13-15-1-7-18(8-2-15)31-23(25)26/h1-8,19-21,23,29H,9-14H2/t19-,20+,21?/m0/s1. The first kappa shape index (κ1) is 21.5. The molecule has 0 aromatic heterocycles. The summed E-state index contributed by atoms with van der Waals surface area (Å²) in [6.45, 7) is -1.07. The number of piperidine rings is 1. The lowest BCUT2D eigenvalue weighted by molar-refractivity contribution is -0.133. The van der Waals surface area contributed by atoms with Crippen LogP contribution in [0, 0.1) is 0 Å². The van der Waals surface area contributed by atoms with E-state index in [1.165, 1.54) is 12.1 Å². The van der Waals surface area contributed by atoms with E-state index in [1.54, 1.807) is 41.3 Å². The molecule has 166 valence electrons. The summed E-state index contributed by atoms with van der Waals surface area (Å²) in [6.07, 6.45) is 0.172. The number of phenols is 1. The average Bonchev–Trinajstić information content (AvgIpc) is 3.10. The van der Waals surface area contributed by atoms with Gasteiger partial charge in [-0.25, -0.2) is 4.39 Å². The second-order valence-corrected chi connectivity index (χ2v) is 8.08. The zero-order chi connectivity index (χ0) is 22.0. The van der Waals surface area contributed by atoms with Crippen LogP contribution in [0.1, 0.15) is 29.9 Å². The number of halogens is 3. The van der Waals surface area contributed by atoms with Gasteiger partial charge in [0.15, 0.2) is 0 Å². The SMILES string of the molecule is O=C1C(N2CC[C@@H](c3ccc(O)cc3)[C@H](F)C2)CCN1Cc1ccc(OC(F)F)cc1. The van der Waals surface area contributed by atoms with Crippen LogP contribution < -0.4 is 4.74 Å². The van der Waals surface area contributed by atoms with Crippen molar-refractivity contribution in [3.63, 3.8) is 0 Å². The Morgan fingerprint density at radius 3 is 2.39 bits per heavy atom. The van der Waals surface area contributed by atoms with Gasteiger partial charge in [0, 0.05) is 25.6 Å². The summed E-state index contributed by atoms with van der Waals surface area (Å²) in [5.74, 6) is -0.0269. The molecule has 4 rings (SSSR count). The molecule has 2 aliphatic heterocycles. The van der Waals surface area contributed by atoms with Crippen LogP contribution >= 0.6 is 0 Å². The van der Waals surface area contributed by atoms with Gasteiger partial charge in [0.1, 0.15) is 17.7 Å². The van der Waals surface area contributed by atoms with Gasteiger partial charge < -0.3 is 14.7 Å². The minimum absolute atomic E-state index is 0.0248. The zero-order valence-corrected chi connectivity index (χ0v) is 17.0. The monoisotopic (exact) mass is 434 g/mol. The van der Waals surface area contributed by atoms with Gasteiger partial charge in [-0.1, -0.05) is 24.3 Å². The molecular weight excluding hydrogens is 409 g/mol. The van der Waals surface area contributed by atoms with Crippen LogP contribution in [-0.2, 0) is 11.3 Å². The van der Waals surface area contributed by atoms with Crippen LogP contribution in [0.25, 0.3) is 0 Å². The second-order valence-electron chi connectivity index (χ2n) is 8.08. The molecule has 2 heterocycles. The third-order valence-corrected chi connectivity index (χ3v) is 6.13. The fourth-order valence-electron chi connectivity index (χ4n) is 4.52. The summed E-state index contributed by atoms with van der Waals surface area (Å²) in [4.78, 5) is 16.6. The summed E-state index contributed by atoms with van der Waals surface area (Å²) in [5, 5.41) is 9.43. The Morgan fingerprint density at radius 1 is 1.03 bits per heavy atom. The van der Waals surface area contributed by atoms with Gasteiger partial charge in [-0.2, -0.15) is 8.78 Å². The normalized spacial score (nSPS) is 24.7. The van der Waals surface area contributed by atoms with Gasteiger partial charge in [-0.3, -0.25) is 9.69 Å². The molecule has 0 radical (unpaired) electrons. The van der Waals surface area contributed by atoms with Crippen LogP contribution in [0.15, 0.2) is 48.5 Å². The fraction of sp³-hybridized carbons (Fsp3) is 0.435. The lowest BCUT2D eigenvalue weighted by Crippen LogP contribution is -2.49. The van der Waals surface area contributed by atoms with E-state index in [-0.39, 0.29) is 35.9 Å². The van der Waals surface area contributed by atoms with Gasteiger partial charge in [0.05, 0.1) is 6.04 Å². The number of alkyl halides is 3. The fourth-order valence-corrected chi connectivity index (χ4v) is 4.52. The van der Waals surface area contributed by atoms with Crippen molar-refractivity contribution in [1.82, 2.24) is 9.80 Å². The van der Waals surface area contributed by atoms with Crippen molar-refractivity contribution in [1.29, 1.82) is 0 Å². The molecule has 3 atom stereocenters. The van der Waals surface area contributed by atoms with Gasteiger partial charge in [0.25, 0.3) is 0 Å². The van der Waals surface area contributed by atoms with Crippen molar-refractivity contribution in [3.8, 4) is 11.5 Å². The Labute approximate surface area is 179 Å². The summed E-state index contributed by atoms with van der Waals surface area (Å²) < 4.78 is 43.8. The highest BCUT2D eigenvalue weighted by atomic mass is 19.3. The molecule has 31 heavy (non-hydrogen) atoms. The minimum atomic E-state index is -2.87. The van der Waals surface area contributed by atoms with E-state index >= 15 is 0 Å². The smallest absolute Gasteiger partial charge is 0.387 e. The second kappa shape index (κ2) is 9.18. The maximum Gasteiger partial charge on any atom is 0.387 e. The molecular formula is C23H25F3N2O3. The van der Waals surface area contributed by atoms with E-state index in [0.717, 1.165) is 11.1 Å². The van der Waals surface area contributed by atoms with Crippen LogP contribution in [-0.4, -0.2) is 59.3 Å². The zero-order valence-electron chi connectivity index (χ0n) is 17.0. The number of likely N-dealkylation sites (tertiary alicyclic amines) is 2. The van der Waals surface area contributed by atoms with Gasteiger partial charge >= 0.3 is 6.61 Å². The minimum Gasteiger partial charge on any atom is -0.508 e. The van der Waals surface area contributed by atoms with E-state index in [9.17, 15) is 23.1 Å². The number of hydrogen-bond donors (Lipinski definition) is 1. The van der Waals surface area contributed by atoms with Crippen LogP contribution in [0.5, 0.6) is 11.5 Å². The van der Waals surface area contributed by atoms with E-state index in [1.807, 2.05) is 4.90 Å². The van der Waals surface area contributed by atoms with E-state index in [4.69, 9.17) is 0 Å². The number of carbonyl (C=O) groups is 1. The van der Waals surface area contributed by atoms with Gasteiger partial charge in [0.2, 0.25) is 5.91 Å². The Hall–Kier alpha value is -2.74. The largest absolute Gasteiger partial charge is 0.508 e. The Kier molecular flexibility index (Phi) is 6.36. The summed E-state index contributed by atoms with van der Waals surface area (Å²) in [7, 11) is 0.